The fourth-order valence-corrected chi connectivity index (χ4v) is 4.01. The van der Waals surface area contributed by atoms with Gasteiger partial charge in [0.2, 0.25) is 5.91 Å². The van der Waals surface area contributed by atoms with E-state index in [4.69, 9.17) is 9.47 Å². The predicted octanol–water partition coefficient (Wildman–Crippen LogP) is 3.57. The third kappa shape index (κ3) is 7.53. The highest BCUT2D eigenvalue weighted by molar-refractivity contribution is 5.77. The van der Waals surface area contributed by atoms with Crippen molar-refractivity contribution in [1.82, 2.24) is 9.80 Å². The lowest BCUT2D eigenvalue weighted by molar-refractivity contribution is -0.127. The molecule has 6 nitrogen and oxygen atoms in total. The Morgan fingerprint density at radius 2 is 1.91 bits per heavy atom. The third-order valence-electron chi connectivity index (χ3n) is 5.67. The average Bonchev–Trinajstić information content (AvgIpc) is 3.16. The topological polar surface area (TPSA) is 62.2 Å². The number of aryl methyl sites for hydroxylation is 2. The van der Waals surface area contributed by atoms with E-state index < -0.39 is 6.10 Å². The van der Waals surface area contributed by atoms with Crippen molar-refractivity contribution in [3.05, 3.63) is 59.2 Å². The molecule has 1 aliphatic rings. The van der Waals surface area contributed by atoms with Crippen LogP contribution in [0.5, 0.6) is 11.5 Å². The minimum Gasteiger partial charge on any atom is -0.494 e. The Morgan fingerprint density at radius 1 is 1.12 bits per heavy atom. The van der Waals surface area contributed by atoms with Gasteiger partial charge in [0.25, 0.3) is 0 Å². The Morgan fingerprint density at radius 3 is 2.59 bits per heavy atom. The number of carbonyl (C=O) groups is 1. The van der Waals surface area contributed by atoms with E-state index in [0.29, 0.717) is 19.6 Å². The summed E-state index contributed by atoms with van der Waals surface area (Å²) in [6, 6.07) is 14.1. The van der Waals surface area contributed by atoms with Gasteiger partial charge in [-0.2, -0.15) is 0 Å². The summed E-state index contributed by atoms with van der Waals surface area (Å²) in [5.74, 6) is 1.92. The average molecular weight is 441 g/mol. The van der Waals surface area contributed by atoms with Gasteiger partial charge in [-0.25, -0.2) is 0 Å². The fourth-order valence-electron chi connectivity index (χ4n) is 4.01. The van der Waals surface area contributed by atoms with Gasteiger partial charge in [-0.1, -0.05) is 29.8 Å². The summed E-state index contributed by atoms with van der Waals surface area (Å²) in [5, 5.41) is 10.4. The molecule has 2 aromatic rings. The lowest BCUT2D eigenvalue weighted by atomic mass is 10.1. The van der Waals surface area contributed by atoms with E-state index in [0.717, 1.165) is 55.1 Å². The number of likely N-dealkylation sites (N-methyl/N-ethyl adjacent to an activating group) is 1. The van der Waals surface area contributed by atoms with Crippen LogP contribution in [-0.2, 0) is 11.3 Å². The van der Waals surface area contributed by atoms with Crippen molar-refractivity contribution in [3.63, 3.8) is 0 Å². The lowest BCUT2D eigenvalue weighted by Crippen LogP contribution is -2.32. The number of rotatable bonds is 12. The van der Waals surface area contributed by atoms with Crippen LogP contribution in [0.3, 0.4) is 0 Å². The Kier molecular flexibility index (Phi) is 8.94. The number of likely N-dealkylation sites (tertiary alicyclic amines) is 1. The van der Waals surface area contributed by atoms with Crippen molar-refractivity contribution >= 4 is 5.91 Å². The zero-order valence-corrected chi connectivity index (χ0v) is 19.5. The second-order valence-corrected chi connectivity index (χ2v) is 8.76. The van der Waals surface area contributed by atoms with E-state index >= 15 is 0 Å². The van der Waals surface area contributed by atoms with Crippen LogP contribution >= 0.6 is 0 Å². The van der Waals surface area contributed by atoms with Crippen molar-refractivity contribution in [2.24, 2.45) is 0 Å². The molecule has 1 atom stereocenters. The zero-order chi connectivity index (χ0) is 22.9. The van der Waals surface area contributed by atoms with Crippen molar-refractivity contribution in [1.29, 1.82) is 0 Å². The molecule has 0 aliphatic carbocycles. The van der Waals surface area contributed by atoms with E-state index in [9.17, 15) is 9.90 Å². The minimum absolute atomic E-state index is 0.264. The molecule has 2 aromatic carbocycles. The molecule has 0 saturated carbocycles. The van der Waals surface area contributed by atoms with Gasteiger partial charge in [-0.3, -0.25) is 9.69 Å². The molecule has 1 N–H and O–H groups in total. The lowest BCUT2D eigenvalue weighted by Gasteiger charge is -2.21. The first kappa shape index (κ1) is 24.1. The largest absolute Gasteiger partial charge is 0.494 e. The molecule has 1 saturated heterocycles. The maximum Gasteiger partial charge on any atom is 0.222 e. The van der Waals surface area contributed by atoms with Gasteiger partial charge in [-0.05, 0) is 63.1 Å². The molecule has 1 unspecified atom stereocenters. The molecule has 1 fully saturated rings. The van der Waals surface area contributed by atoms with E-state index in [2.05, 4.69) is 17.9 Å². The van der Waals surface area contributed by atoms with Crippen LogP contribution < -0.4 is 9.47 Å². The van der Waals surface area contributed by atoms with E-state index in [1.54, 1.807) is 0 Å². The fraction of sp³-hybridized carbons (Fsp3) is 0.500. The summed E-state index contributed by atoms with van der Waals surface area (Å²) in [6.45, 7) is 7.86. The van der Waals surface area contributed by atoms with Gasteiger partial charge in [0.1, 0.15) is 24.2 Å². The predicted molar refractivity (Wildman–Crippen MR) is 126 cm³/mol. The van der Waals surface area contributed by atoms with E-state index in [-0.39, 0.29) is 12.5 Å². The van der Waals surface area contributed by atoms with Crippen LogP contribution in [0.2, 0.25) is 0 Å². The molecule has 0 radical (unpaired) electrons. The first-order chi connectivity index (χ1) is 15.4. The number of hydrogen-bond acceptors (Lipinski definition) is 5. The number of nitrogens with zero attached hydrogens (tertiary/aromatic N) is 2. The highest BCUT2D eigenvalue weighted by Gasteiger charge is 2.19. The maximum atomic E-state index is 11.6. The molecule has 0 spiro atoms. The molecule has 174 valence electrons. The summed E-state index contributed by atoms with van der Waals surface area (Å²) < 4.78 is 11.6. The number of carbonyl (C=O) groups excluding carboxylic acids is 1. The molecular weight excluding hydrogens is 404 g/mol. The molecule has 3 rings (SSSR count). The number of amides is 1. The molecule has 1 heterocycles. The summed E-state index contributed by atoms with van der Waals surface area (Å²) in [5.41, 5.74) is 3.44. The number of aliphatic hydroxyl groups is 1. The molecule has 1 amide bonds. The van der Waals surface area contributed by atoms with Crippen LogP contribution in [0.15, 0.2) is 42.5 Å². The Hall–Kier alpha value is -2.57. The monoisotopic (exact) mass is 440 g/mol. The highest BCUT2D eigenvalue weighted by atomic mass is 16.5. The number of hydrogen-bond donors (Lipinski definition) is 1. The third-order valence-corrected chi connectivity index (χ3v) is 5.67. The zero-order valence-electron chi connectivity index (χ0n) is 19.5. The smallest absolute Gasteiger partial charge is 0.222 e. The normalized spacial score (nSPS) is 14.8. The second kappa shape index (κ2) is 11.9. The van der Waals surface area contributed by atoms with E-state index in [1.807, 2.05) is 55.3 Å². The van der Waals surface area contributed by atoms with Crippen LogP contribution in [-0.4, -0.2) is 66.8 Å². The number of aliphatic hydroxyl groups excluding tert-OH is 1. The van der Waals surface area contributed by atoms with E-state index in [1.165, 1.54) is 5.56 Å². The first-order valence-electron chi connectivity index (χ1n) is 11.5. The standard InChI is InChI=1S/C26H36N2O4/c1-20-7-12-25(21(2)16-20)32-19-23(29)18-27(3)17-22-8-10-24(11-9-22)31-15-5-14-28-13-4-6-26(28)30/h7-12,16,23,29H,4-6,13-15,17-19H2,1-3H3. The van der Waals surface area contributed by atoms with Gasteiger partial charge >= 0.3 is 0 Å². The summed E-state index contributed by atoms with van der Waals surface area (Å²) >= 11 is 0. The van der Waals surface area contributed by atoms with Crippen LogP contribution in [0.25, 0.3) is 0 Å². The SMILES string of the molecule is Cc1ccc(OCC(O)CN(C)Cc2ccc(OCCCN3CCCC3=O)cc2)c(C)c1. The van der Waals surface area contributed by atoms with Gasteiger partial charge in [-0.15, -0.1) is 0 Å². The second-order valence-electron chi connectivity index (χ2n) is 8.76. The highest BCUT2D eigenvalue weighted by Crippen LogP contribution is 2.19. The summed E-state index contributed by atoms with van der Waals surface area (Å²) in [6.07, 6.45) is 1.95. The molecule has 0 bridgehead atoms. The van der Waals surface area contributed by atoms with Gasteiger partial charge in [0.15, 0.2) is 0 Å². The van der Waals surface area contributed by atoms with Crippen molar-refractivity contribution in [2.45, 2.75) is 45.8 Å². The number of ether oxygens (including phenoxy) is 2. The quantitative estimate of drug-likeness (QED) is 0.512. The minimum atomic E-state index is -0.564. The summed E-state index contributed by atoms with van der Waals surface area (Å²) in [4.78, 5) is 15.6. The van der Waals surface area contributed by atoms with Crippen molar-refractivity contribution < 1.29 is 19.4 Å². The van der Waals surface area contributed by atoms with Crippen molar-refractivity contribution in [3.8, 4) is 11.5 Å². The molecular formula is C26H36N2O4. The first-order valence-corrected chi connectivity index (χ1v) is 11.5. The number of benzene rings is 2. The van der Waals surface area contributed by atoms with Gasteiger partial charge < -0.3 is 19.5 Å². The maximum absolute atomic E-state index is 11.6. The van der Waals surface area contributed by atoms with Crippen LogP contribution in [0, 0.1) is 13.8 Å². The molecule has 0 aromatic heterocycles. The molecule has 6 heteroatoms. The van der Waals surface area contributed by atoms with Gasteiger partial charge in [0, 0.05) is 32.6 Å². The van der Waals surface area contributed by atoms with Crippen LogP contribution in [0.1, 0.15) is 36.0 Å². The Bertz CT molecular complexity index is 869. The Balaban J connectivity index is 1.34. The Labute approximate surface area is 191 Å². The molecule has 1 aliphatic heterocycles. The molecule has 32 heavy (non-hydrogen) atoms. The summed E-state index contributed by atoms with van der Waals surface area (Å²) in [7, 11) is 1.99. The van der Waals surface area contributed by atoms with Crippen molar-refractivity contribution in [2.75, 3.05) is 39.9 Å². The van der Waals surface area contributed by atoms with Gasteiger partial charge in [0.05, 0.1) is 6.61 Å². The van der Waals surface area contributed by atoms with Crippen LogP contribution in [0.4, 0.5) is 0 Å².